The minimum Gasteiger partial charge on any atom is -0.321 e. The third-order valence-electron chi connectivity index (χ3n) is 5.83. The van der Waals surface area contributed by atoms with Crippen LogP contribution in [0, 0.1) is 32.1 Å². The van der Waals surface area contributed by atoms with Crippen molar-refractivity contribution < 1.29 is 9.59 Å². The average molecular weight is 502 g/mol. The lowest BCUT2D eigenvalue weighted by molar-refractivity contribution is -0.117. The molecule has 176 valence electrons. The van der Waals surface area contributed by atoms with Crippen molar-refractivity contribution in [1.29, 1.82) is 5.26 Å². The van der Waals surface area contributed by atoms with E-state index in [0.29, 0.717) is 27.8 Å². The summed E-state index contributed by atoms with van der Waals surface area (Å²) in [5.41, 5.74) is 4.94. The van der Waals surface area contributed by atoms with Gasteiger partial charge in [-0.25, -0.2) is 0 Å². The Labute approximate surface area is 214 Å². The van der Waals surface area contributed by atoms with E-state index in [1.165, 1.54) is 16.7 Å². The molecule has 0 saturated carbocycles. The number of para-hydroxylation sites is 1. The largest absolute Gasteiger partial charge is 0.321 e. The van der Waals surface area contributed by atoms with Crippen LogP contribution in [0.5, 0.6) is 0 Å². The number of benzene rings is 3. The molecule has 3 aromatic carbocycles. The standard InChI is InChI=1S/C28H24ClN3O2S/c1-17-8-12-21(13-9-17)31-26(33)22(16-30)28-32(24-7-5-4-6-19(24)3)27(34)25(35-28)15-20-11-10-18(2)23(29)14-20/h4-14,25H,15H2,1-3H3,(H,31,33)/b28-22-/t25-/m1/s1. The van der Waals surface area contributed by atoms with Gasteiger partial charge in [-0.15, -0.1) is 0 Å². The predicted molar refractivity (Wildman–Crippen MR) is 142 cm³/mol. The number of thioether (sulfide) groups is 1. The van der Waals surface area contributed by atoms with Gasteiger partial charge in [-0.3, -0.25) is 14.5 Å². The van der Waals surface area contributed by atoms with Crippen molar-refractivity contribution in [3.63, 3.8) is 0 Å². The minimum absolute atomic E-state index is 0.100. The molecule has 5 nitrogen and oxygen atoms in total. The van der Waals surface area contributed by atoms with Gasteiger partial charge < -0.3 is 5.32 Å². The summed E-state index contributed by atoms with van der Waals surface area (Å²) < 4.78 is 0. The van der Waals surface area contributed by atoms with E-state index in [1.807, 2.05) is 81.4 Å². The van der Waals surface area contributed by atoms with Gasteiger partial charge >= 0.3 is 0 Å². The van der Waals surface area contributed by atoms with E-state index in [-0.39, 0.29) is 11.5 Å². The third-order valence-corrected chi connectivity index (χ3v) is 7.50. The molecule has 0 spiro atoms. The van der Waals surface area contributed by atoms with Crippen LogP contribution in [0.1, 0.15) is 22.3 Å². The van der Waals surface area contributed by atoms with Crippen LogP contribution in [-0.4, -0.2) is 17.1 Å². The Morgan fingerprint density at radius 2 is 1.77 bits per heavy atom. The molecule has 3 aromatic rings. The second kappa shape index (κ2) is 10.4. The molecular weight excluding hydrogens is 478 g/mol. The van der Waals surface area contributed by atoms with Gasteiger partial charge in [-0.1, -0.05) is 71.4 Å². The quantitative estimate of drug-likeness (QED) is 0.327. The van der Waals surface area contributed by atoms with E-state index in [9.17, 15) is 14.9 Å². The van der Waals surface area contributed by atoms with E-state index >= 15 is 0 Å². The summed E-state index contributed by atoms with van der Waals surface area (Å²) in [4.78, 5) is 28.3. The zero-order chi connectivity index (χ0) is 25.1. The molecule has 7 heteroatoms. The zero-order valence-corrected chi connectivity index (χ0v) is 21.2. The lowest BCUT2D eigenvalue weighted by Crippen LogP contribution is -2.31. The molecular formula is C28H24ClN3O2S. The Morgan fingerprint density at radius 3 is 2.43 bits per heavy atom. The highest BCUT2D eigenvalue weighted by Crippen LogP contribution is 2.43. The number of nitrogens with zero attached hydrogens (tertiary/aromatic N) is 2. The highest BCUT2D eigenvalue weighted by atomic mass is 35.5. The maximum absolute atomic E-state index is 13.7. The number of halogens is 1. The first-order valence-corrected chi connectivity index (χ1v) is 12.4. The maximum atomic E-state index is 13.7. The smallest absolute Gasteiger partial charge is 0.269 e. The van der Waals surface area contributed by atoms with Crippen molar-refractivity contribution in [2.24, 2.45) is 0 Å². The normalized spacial score (nSPS) is 16.7. The third kappa shape index (κ3) is 5.27. The minimum atomic E-state index is -0.552. The number of carbonyl (C=O) groups excluding carboxylic acids is 2. The number of rotatable bonds is 5. The first kappa shape index (κ1) is 24.6. The van der Waals surface area contributed by atoms with Gasteiger partial charge in [0.15, 0.2) is 0 Å². The molecule has 35 heavy (non-hydrogen) atoms. The molecule has 1 aliphatic heterocycles. The number of hydrogen-bond acceptors (Lipinski definition) is 4. The number of anilines is 2. The number of hydrogen-bond donors (Lipinski definition) is 1. The first-order chi connectivity index (χ1) is 16.8. The van der Waals surface area contributed by atoms with Gasteiger partial charge in [-0.05, 0) is 68.1 Å². The topological polar surface area (TPSA) is 73.2 Å². The van der Waals surface area contributed by atoms with Gasteiger partial charge in [0.1, 0.15) is 16.7 Å². The molecule has 1 N–H and O–H groups in total. The lowest BCUT2D eigenvalue weighted by atomic mass is 10.1. The average Bonchev–Trinajstić information content (AvgIpc) is 3.14. The molecule has 1 aliphatic rings. The van der Waals surface area contributed by atoms with Crippen molar-refractivity contribution in [2.75, 3.05) is 10.2 Å². The summed E-state index contributed by atoms with van der Waals surface area (Å²) in [6.07, 6.45) is 0.424. The second-order valence-corrected chi connectivity index (χ2v) is 10.1. The number of aryl methyl sites for hydroxylation is 3. The maximum Gasteiger partial charge on any atom is 0.269 e. The summed E-state index contributed by atoms with van der Waals surface area (Å²) in [6.45, 7) is 5.78. The fourth-order valence-electron chi connectivity index (χ4n) is 3.83. The van der Waals surface area contributed by atoms with Gasteiger partial charge in [0, 0.05) is 10.7 Å². The Balaban J connectivity index is 1.74. The molecule has 0 bridgehead atoms. The zero-order valence-electron chi connectivity index (χ0n) is 19.6. The van der Waals surface area contributed by atoms with Crippen LogP contribution in [0.2, 0.25) is 5.02 Å². The van der Waals surface area contributed by atoms with Crippen molar-refractivity contribution in [1.82, 2.24) is 0 Å². The van der Waals surface area contributed by atoms with E-state index in [0.717, 1.165) is 22.3 Å². The molecule has 0 aliphatic carbocycles. The molecule has 0 aromatic heterocycles. The summed E-state index contributed by atoms with van der Waals surface area (Å²) in [6, 6.07) is 22.5. The van der Waals surface area contributed by atoms with Crippen LogP contribution in [0.3, 0.4) is 0 Å². The molecule has 4 rings (SSSR count). The SMILES string of the molecule is Cc1ccc(NC(=O)/C(C#N)=C2\S[C@H](Cc3ccc(C)c(Cl)c3)C(=O)N2c2ccccc2C)cc1. The Bertz CT molecular complexity index is 1380. The fourth-order valence-corrected chi connectivity index (χ4v) is 5.33. The molecule has 0 radical (unpaired) electrons. The first-order valence-electron chi connectivity index (χ1n) is 11.1. The molecule has 1 heterocycles. The monoisotopic (exact) mass is 501 g/mol. The van der Waals surface area contributed by atoms with Crippen LogP contribution in [0.15, 0.2) is 77.3 Å². The molecule has 1 atom stereocenters. The summed E-state index contributed by atoms with van der Waals surface area (Å²) in [7, 11) is 0. The second-order valence-electron chi connectivity index (χ2n) is 8.47. The van der Waals surface area contributed by atoms with Crippen LogP contribution in [-0.2, 0) is 16.0 Å². The van der Waals surface area contributed by atoms with Crippen molar-refractivity contribution >= 4 is 46.6 Å². The number of nitriles is 1. The lowest BCUT2D eigenvalue weighted by Gasteiger charge is -2.20. The Hall–Kier alpha value is -3.53. The molecule has 2 amide bonds. The van der Waals surface area contributed by atoms with E-state index in [4.69, 9.17) is 11.6 Å². The summed E-state index contributed by atoms with van der Waals surface area (Å²) >= 11 is 7.54. The van der Waals surface area contributed by atoms with Crippen LogP contribution in [0.25, 0.3) is 0 Å². The number of nitrogens with one attached hydrogen (secondary N) is 1. The van der Waals surface area contributed by atoms with Gasteiger partial charge in [0.05, 0.1) is 10.9 Å². The van der Waals surface area contributed by atoms with Gasteiger partial charge in [0.2, 0.25) is 5.91 Å². The highest BCUT2D eigenvalue weighted by Gasteiger charge is 2.41. The van der Waals surface area contributed by atoms with Gasteiger partial charge in [0.25, 0.3) is 5.91 Å². The van der Waals surface area contributed by atoms with Crippen LogP contribution < -0.4 is 10.2 Å². The Morgan fingerprint density at radius 1 is 1.06 bits per heavy atom. The summed E-state index contributed by atoms with van der Waals surface area (Å²) in [5.74, 6) is -0.726. The number of carbonyl (C=O) groups is 2. The predicted octanol–water partition coefficient (Wildman–Crippen LogP) is 6.33. The molecule has 1 saturated heterocycles. The van der Waals surface area contributed by atoms with Crippen LogP contribution >= 0.6 is 23.4 Å². The van der Waals surface area contributed by atoms with E-state index in [1.54, 1.807) is 12.1 Å². The van der Waals surface area contributed by atoms with Crippen molar-refractivity contribution in [2.45, 2.75) is 32.4 Å². The van der Waals surface area contributed by atoms with Gasteiger partial charge in [-0.2, -0.15) is 5.26 Å². The van der Waals surface area contributed by atoms with E-state index < -0.39 is 11.2 Å². The highest BCUT2D eigenvalue weighted by molar-refractivity contribution is 8.05. The van der Waals surface area contributed by atoms with Crippen molar-refractivity contribution in [3.05, 3.63) is 105 Å². The van der Waals surface area contributed by atoms with Crippen LogP contribution in [0.4, 0.5) is 11.4 Å². The van der Waals surface area contributed by atoms with E-state index in [2.05, 4.69) is 5.32 Å². The fraction of sp³-hybridized carbons (Fsp3) is 0.179. The molecule has 1 fully saturated rings. The molecule has 0 unspecified atom stereocenters. The summed E-state index contributed by atoms with van der Waals surface area (Å²) in [5, 5.41) is 13.3. The Kier molecular flexibility index (Phi) is 7.30. The number of amides is 2. The van der Waals surface area contributed by atoms with Crippen molar-refractivity contribution in [3.8, 4) is 6.07 Å².